The Morgan fingerprint density at radius 1 is 1.14 bits per heavy atom. The van der Waals surface area contributed by atoms with Crippen molar-refractivity contribution in [2.45, 2.75) is 25.8 Å². The maximum Gasteiger partial charge on any atom is 0.155 e. The summed E-state index contributed by atoms with van der Waals surface area (Å²) in [6.07, 6.45) is 8.21. The average Bonchev–Trinajstić information content (AvgIpc) is 3.35. The fraction of sp³-hybridized carbons (Fsp3) is 0.318. The summed E-state index contributed by atoms with van der Waals surface area (Å²) in [5.41, 5.74) is 4.93. The first-order valence-electron chi connectivity index (χ1n) is 9.83. The molecule has 4 heterocycles. The zero-order valence-corrected chi connectivity index (χ0v) is 16.5. The van der Waals surface area contributed by atoms with Gasteiger partial charge in [-0.1, -0.05) is 0 Å². The molecule has 5 rings (SSSR count). The van der Waals surface area contributed by atoms with Gasteiger partial charge in [0.1, 0.15) is 17.3 Å². The van der Waals surface area contributed by atoms with Gasteiger partial charge in [0.25, 0.3) is 0 Å². The normalized spacial score (nSPS) is 15.1. The predicted molar refractivity (Wildman–Crippen MR) is 111 cm³/mol. The third-order valence-electron chi connectivity index (χ3n) is 5.62. The van der Waals surface area contributed by atoms with Gasteiger partial charge in [0, 0.05) is 24.0 Å². The number of fused-ring (bicyclic) bond motifs is 2. The number of hydrogen-bond acceptors (Lipinski definition) is 5. The van der Waals surface area contributed by atoms with E-state index in [-0.39, 0.29) is 0 Å². The molecule has 1 aromatic carbocycles. The summed E-state index contributed by atoms with van der Waals surface area (Å²) >= 11 is 0. The van der Waals surface area contributed by atoms with Crippen molar-refractivity contribution in [2.24, 2.45) is 0 Å². The molecule has 0 radical (unpaired) electrons. The molecule has 1 fully saturated rings. The van der Waals surface area contributed by atoms with E-state index in [1.807, 2.05) is 35.9 Å². The van der Waals surface area contributed by atoms with Crippen molar-refractivity contribution < 1.29 is 4.74 Å². The van der Waals surface area contributed by atoms with Crippen molar-refractivity contribution in [1.29, 1.82) is 5.26 Å². The first kappa shape index (κ1) is 17.7. The molecule has 7 nitrogen and oxygen atoms in total. The van der Waals surface area contributed by atoms with Crippen LogP contribution < -0.4 is 10.1 Å². The number of nitrogens with one attached hydrogen (secondary N) is 1. The number of ether oxygens (including phenoxy) is 1. The lowest BCUT2D eigenvalue weighted by molar-refractivity contribution is 0.344. The van der Waals surface area contributed by atoms with E-state index < -0.39 is 0 Å². The van der Waals surface area contributed by atoms with E-state index in [0.717, 1.165) is 59.4 Å². The van der Waals surface area contributed by atoms with Crippen molar-refractivity contribution in [3.63, 3.8) is 0 Å². The zero-order valence-electron chi connectivity index (χ0n) is 16.5. The van der Waals surface area contributed by atoms with Crippen LogP contribution in [0.3, 0.4) is 0 Å². The van der Waals surface area contributed by atoms with Crippen LogP contribution in [0.25, 0.3) is 27.7 Å². The molecule has 0 amide bonds. The molecule has 1 saturated heterocycles. The van der Waals surface area contributed by atoms with Crippen LogP contribution in [-0.2, 0) is 0 Å². The van der Waals surface area contributed by atoms with Gasteiger partial charge >= 0.3 is 0 Å². The van der Waals surface area contributed by atoms with Crippen LogP contribution in [0.1, 0.15) is 30.1 Å². The molecule has 3 aromatic heterocycles. The van der Waals surface area contributed by atoms with Crippen molar-refractivity contribution >= 4 is 16.6 Å². The number of piperidine rings is 1. The second-order valence-electron chi connectivity index (χ2n) is 7.57. The molecule has 0 saturated carbocycles. The highest BCUT2D eigenvalue weighted by Gasteiger charge is 2.19. The molecule has 0 spiro atoms. The number of benzene rings is 1. The Bertz CT molecular complexity index is 1260. The monoisotopic (exact) mass is 386 g/mol. The van der Waals surface area contributed by atoms with Crippen molar-refractivity contribution in [2.75, 3.05) is 20.2 Å². The van der Waals surface area contributed by atoms with Gasteiger partial charge in [-0.3, -0.25) is 4.68 Å². The van der Waals surface area contributed by atoms with Gasteiger partial charge in [0.2, 0.25) is 0 Å². The maximum atomic E-state index is 9.59. The maximum absolute atomic E-state index is 9.59. The summed E-state index contributed by atoms with van der Waals surface area (Å²) in [5.74, 6) is 0.741. The first-order chi connectivity index (χ1) is 14.2. The van der Waals surface area contributed by atoms with Crippen LogP contribution in [-0.4, -0.2) is 39.4 Å². The third kappa shape index (κ3) is 3.02. The second-order valence-corrected chi connectivity index (χ2v) is 7.57. The smallest absolute Gasteiger partial charge is 0.155 e. The average molecular weight is 386 g/mol. The Kier molecular flexibility index (Phi) is 4.22. The van der Waals surface area contributed by atoms with Crippen LogP contribution in [0.2, 0.25) is 0 Å². The summed E-state index contributed by atoms with van der Waals surface area (Å²) in [4.78, 5) is 4.45. The number of nitrogens with zero attached hydrogens (tertiary/aromatic N) is 5. The van der Waals surface area contributed by atoms with E-state index in [4.69, 9.17) is 9.84 Å². The topological polar surface area (TPSA) is 80.2 Å². The first-order valence-corrected chi connectivity index (χ1v) is 9.83. The lowest BCUT2D eigenvalue weighted by Crippen LogP contribution is -2.29. The number of rotatable bonds is 3. The Morgan fingerprint density at radius 2 is 1.97 bits per heavy atom. The van der Waals surface area contributed by atoms with Gasteiger partial charge in [-0.05, 0) is 62.2 Å². The van der Waals surface area contributed by atoms with Gasteiger partial charge < -0.3 is 14.5 Å². The van der Waals surface area contributed by atoms with Crippen LogP contribution in [0.15, 0.2) is 36.8 Å². The van der Waals surface area contributed by atoms with Crippen molar-refractivity contribution in [3.8, 4) is 22.9 Å². The zero-order chi connectivity index (χ0) is 20.0. The third-order valence-corrected chi connectivity index (χ3v) is 5.62. The minimum Gasteiger partial charge on any atom is -0.494 e. The Hall–Kier alpha value is -3.37. The molecule has 1 aliphatic heterocycles. The summed E-state index contributed by atoms with van der Waals surface area (Å²) in [6.45, 7) is 3.97. The lowest BCUT2D eigenvalue weighted by atomic mass is 10.0. The Labute approximate surface area is 168 Å². The number of methoxy groups -OCH3 is 1. The summed E-state index contributed by atoms with van der Waals surface area (Å²) in [5, 5.41) is 18.9. The number of aryl methyl sites for hydroxylation is 1. The van der Waals surface area contributed by atoms with Crippen LogP contribution in [0.4, 0.5) is 0 Å². The highest BCUT2D eigenvalue weighted by atomic mass is 16.5. The molecule has 29 heavy (non-hydrogen) atoms. The van der Waals surface area contributed by atoms with Crippen molar-refractivity contribution in [1.82, 2.24) is 24.5 Å². The summed E-state index contributed by atoms with van der Waals surface area (Å²) in [6, 6.07) is 8.68. The van der Waals surface area contributed by atoms with Gasteiger partial charge in [-0.15, -0.1) is 0 Å². The minimum absolute atomic E-state index is 0.410. The predicted octanol–water partition coefficient (Wildman–Crippen LogP) is 3.46. The number of hydrogen-bond donors (Lipinski definition) is 1. The van der Waals surface area contributed by atoms with Crippen LogP contribution in [0, 0.1) is 18.3 Å². The van der Waals surface area contributed by atoms with Gasteiger partial charge in [-0.2, -0.15) is 10.4 Å². The SMILES string of the molecule is COc1cc(-c2cc(C#N)c3nc(C)cn3c2)cc2cn(C3CCNCC3)nc12. The van der Waals surface area contributed by atoms with E-state index in [2.05, 4.69) is 33.3 Å². The van der Waals surface area contributed by atoms with Gasteiger partial charge in [-0.25, -0.2) is 4.98 Å². The van der Waals surface area contributed by atoms with E-state index in [1.54, 1.807) is 7.11 Å². The highest BCUT2D eigenvalue weighted by molar-refractivity contribution is 5.90. The van der Waals surface area contributed by atoms with E-state index in [1.165, 1.54) is 0 Å². The fourth-order valence-electron chi connectivity index (χ4n) is 4.16. The Balaban J connectivity index is 1.65. The molecule has 0 atom stereocenters. The molecule has 1 N–H and O–H groups in total. The van der Waals surface area contributed by atoms with E-state index in [0.29, 0.717) is 17.3 Å². The molecule has 7 heteroatoms. The molecule has 1 aliphatic rings. The van der Waals surface area contributed by atoms with Crippen molar-refractivity contribution in [3.05, 3.63) is 48.0 Å². The van der Waals surface area contributed by atoms with E-state index in [9.17, 15) is 5.26 Å². The van der Waals surface area contributed by atoms with Gasteiger partial charge in [0.05, 0.1) is 24.4 Å². The van der Waals surface area contributed by atoms with Crippen LogP contribution >= 0.6 is 0 Å². The molecular formula is C22H22N6O. The quantitative estimate of drug-likeness (QED) is 0.583. The number of nitriles is 1. The largest absolute Gasteiger partial charge is 0.494 e. The molecule has 0 aliphatic carbocycles. The molecule has 146 valence electrons. The molecular weight excluding hydrogens is 364 g/mol. The lowest BCUT2D eigenvalue weighted by Gasteiger charge is -2.22. The number of imidazole rings is 1. The summed E-state index contributed by atoms with van der Waals surface area (Å²) in [7, 11) is 1.67. The standard InChI is InChI=1S/C22H22N6O/c1-14-11-27-12-17(8-16(10-23)22(27)25-14)15-7-18-13-28(19-3-5-24-6-4-19)26-21(18)20(9-15)29-2/h7-9,11-13,19,24H,3-6H2,1-2H3. The molecule has 0 unspecified atom stereocenters. The van der Waals surface area contributed by atoms with Gasteiger partial charge in [0.15, 0.2) is 5.65 Å². The highest BCUT2D eigenvalue weighted by Crippen LogP contribution is 2.34. The Morgan fingerprint density at radius 3 is 2.72 bits per heavy atom. The number of aromatic nitrogens is 4. The second kappa shape index (κ2) is 6.90. The minimum atomic E-state index is 0.410. The number of pyridine rings is 1. The molecule has 4 aromatic rings. The molecule has 0 bridgehead atoms. The van der Waals surface area contributed by atoms with E-state index >= 15 is 0 Å². The van der Waals surface area contributed by atoms with Crippen LogP contribution in [0.5, 0.6) is 5.75 Å². The fourth-order valence-corrected chi connectivity index (χ4v) is 4.16. The summed E-state index contributed by atoms with van der Waals surface area (Å²) < 4.78 is 9.67.